The van der Waals surface area contributed by atoms with Gasteiger partial charge in [-0.2, -0.15) is 0 Å². The fraction of sp³-hybridized carbons (Fsp3) is 0.529. The van der Waals surface area contributed by atoms with E-state index in [2.05, 4.69) is 0 Å². The largest absolute Gasteiger partial charge is 0.481 e. The highest BCUT2D eigenvalue weighted by atomic mass is 19.2. The summed E-state index contributed by atoms with van der Waals surface area (Å²) in [6.45, 7) is 1.29. The molecule has 2 fully saturated rings. The number of aliphatic carboxylic acids is 1. The molecule has 1 aromatic carbocycles. The van der Waals surface area contributed by atoms with Gasteiger partial charge in [0.1, 0.15) is 0 Å². The fourth-order valence-corrected chi connectivity index (χ4v) is 3.59. The second kappa shape index (κ2) is 6.47. The van der Waals surface area contributed by atoms with Crippen LogP contribution in [0, 0.1) is 23.0 Å². The van der Waals surface area contributed by atoms with Gasteiger partial charge < -0.3 is 14.7 Å². The highest BCUT2D eigenvalue weighted by molar-refractivity contribution is 5.81. The minimum absolute atomic E-state index is 0.133. The number of rotatable bonds is 4. The maximum Gasteiger partial charge on any atom is 0.311 e. The Morgan fingerprint density at radius 2 is 2.12 bits per heavy atom. The van der Waals surface area contributed by atoms with Crippen LogP contribution < -0.4 is 0 Å². The standard InChI is InChI=1S/C17H19F2NO4/c18-13-3-1-11(7-14(13)19)2-4-15(21)20-8-12-9-24-6-5-17(12,10-20)16(22)23/h1,3,7,12H,2,4-6,8-10H2,(H,22,23)/t12-,17+/m1/s1. The van der Waals surface area contributed by atoms with E-state index in [1.807, 2.05) is 0 Å². The van der Waals surface area contributed by atoms with Gasteiger partial charge in [-0.1, -0.05) is 6.07 Å². The van der Waals surface area contributed by atoms with E-state index in [1.54, 1.807) is 4.90 Å². The molecule has 0 saturated carbocycles. The van der Waals surface area contributed by atoms with Crippen molar-refractivity contribution in [3.8, 4) is 0 Å². The van der Waals surface area contributed by atoms with Crippen LogP contribution in [0.3, 0.4) is 0 Å². The van der Waals surface area contributed by atoms with Crippen molar-refractivity contribution in [1.29, 1.82) is 0 Å². The van der Waals surface area contributed by atoms with Gasteiger partial charge in [0, 0.05) is 32.0 Å². The molecule has 3 rings (SSSR count). The van der Waals surface area contributed by atoms with Crippen molar-refractivity contribution in [3.63, 3.8) is 0 Å². The number of carbonyl (C=O) groups excluding carboxylic acids is 1. The fourth-order valence-electron chi connectivity index (χ4n) is 3.59. The number of carboxylic acid groups (broad SMARTS) is 1. The lowest BCUT2D eigenvalue weighted by atomic mass is 9.74. The summed E-state index contributed by atoms with van der Waals surface area (Å²) in [6.07, 6.45) is 0.822. The number of likely N-dealkylation sites (tertiary alicyclic amines) is 1. The summed E-state index contributed by atoms with van der Waals surface area (Å²) >= 11 is 0. The van der Waals surface area contributed by atoms with Crippen LogP contribution in [0.1, 0.15) is 18.4 Å². The third kappa shape index (κ3) is 3.00. The van der Waals surface area contributed by atoms with Crippen LogP contribution in [0.25, 0.3) is 0 Å². The predicted octanol–water partition coefficient (Wildman–Crippen LogP) is 1.85. The first-order chi connectivity index (χ1) is 11.4. The molecule has 2 aliphatic heterocycles. The third-order valence-corrected chi connectivity index (χ3v) is 5.10. The van der Waals surface area contributed by atoms with Crippen LogP contribution in [0.2, 0.25) is 0 Å². The van der Waals surface area contributed by atoms with Crippen LogP contribution in [-0.4, -0.2) is 48.2 Å². The number of hydrogen-bond donors (Lipinski definition) is 1. The monoisotopic (exact) mass is 339 g/mol. The van der Waals surface area contributed by atoms with E-state index in [-0.39, 0.29) is 31.2 Å². The van der Waals surface area contributed by atoms with E-state index in [4.69, 9.17) is 4.74 Å². The van der Waals surface area contributed by atoms with Crippen LogP contribution in [0.15, 0.2) is 18.2 Å². The summed E-state index contributed by atoms with van der Waals surface area (Å²) in [4.78, 5) is 25.7. The van der Waals surface area contributed by atoms with Crippen LogP contribution in [0.5, 0.6) is 0 Å². The van der Waals surface area contributed by atoms with Gasteiger partial charge in [-0.3, -0.25) is 9.59 Å². The highest BCUT2D eigenvalue weighted by Gasteiger charge is 2.54. The van der Waals surface area contributed by atoms with Crippen molar-refractivity contribution in [3.05, 3.63) is 35.4 Å². The Hall–Kier alpha value is -2.02. The number of amides is 1. The second-order valence-electron chi connectivity index (χ2n) is 6.51. The Kier molecular flexibility index (Phi) is 4.54. The van der Waals surface area contributed by atoms with E-state index in [1.165, 1.54) is 6.07 Å². The minimum atomic E-state index is -0.936. The van der Waals surface area contributed by atoms with Gasteiger partial charge in [0.15, 0.2) is 11.6 Å². The first-order valence-electron chi connectivity index (χ1n) is 7.95. The molecule has 7 heteroatoms. The molecule has 1 N–H and O–H groups in total. The zero-order valence-corrected chi connectivity index (χ0v) is 13.1. The normalized spacial score (nSPS) is 26.2. The Morgan fingerprint density at radius 3 is 2.79 bits per heavy atom. The van der Waals surface area contributed by atoms with Crippen molar-refractivity contribution < 1.29 is 28.2 Å². The van der Waals surface area contributed by atoms with E-state index in [0.29, 0.717) is 31.7 Å². The minimum Gasteiger partial charge on any atom is -0.481 e. The molecule has 2 atom stereocenters. The quantitative estimate of drug-likeness (QED) is 0.909. The van der Waals surface area contributed by atoms with Gasteiger partial charge >= 0.3 is 5.97 Å². The second-order valence-corrected chi connectivity index (χ2v) is 6.51. The zero-order valence-electron chi connectivity index (χ0n) is 13.1. The molecule has 0 unspecified atom stereocenters. The van der Waals surface area contributed by atoms with E-state index in [9.17, 15) is 23.5 Å². The van der Waals surface area contributed by atoms with Gasteiger partial charge in [-0.05, 0) is 30.5 Å². The molecule has 0 radical (unpaired) electrons. The maximum atomic E-state index is 13.2. The lowest BCUT2D eigenvalue weighted by Gasteiger charge is -2.33. The number of ether oxygens (including phenoxy) is 1. The molecule has 2 heterocycles. The molecule has 0 aliphatic carbocycles. The van der Waals surface area contributed by atoms with E-state index < -0.39 is 23.0 Å². The van der Waals surface area contributed by atoms with Gasteiger partial charge in [0.05, 0.1) is 12.0 Å². The van der Waals surface area contributed by atoms with Gasteiger partial charge in [0.25, 0.3) is 0 Å². The SMILES string of the molecule is O=C(CCc1ccc(F)c(F)c1)N1C[C@@H]2COCC[C@]2(C(=O)O)C1. The Morgan fingerprint density at radius 1 is 1.33 bits per heavy atom. The summed E-state index contributed by atoms with van der Waals surface area (Å²) in [5.74, 6) is -3.11. The summed E-state index contributed by atoms with van der Waals surface area (Å²) in [6, 6.07) is 3.57. The van der Waals surface area contributed by atoms with E-state index in [0.717, 1.165) is 12.1 Å². The number of carbonyl (C=O) groups is 2. The zero-order chi connectivity index (χ0) is 17.3. The number of aryl methyl sites for hydroxylation is 1. The average Bonchev–Trinajstić information content (AvgIpc) is 2.97. The van der Waals surface area contributed by atoms with Crippen molar-refractivity contribution in [2.45, 2.75) is 19.3 Å². The molecule has 5 nitrogen and oxygen atoms in total. The van der Waals surface area contributed by atoms with E-state index >= 15 is 0 Å². The maximum absolute atomic E-state index is 13.2. The molecule has 1 aromatic rings. The molecular formula is C17H19F2NO4. The van der Waals surface area contributed by atoms with Gasteiger partial charge in [0.2, 0.25) is 5.91 Å². The van der Waals surface area contributed by atoms with Gasteiger partial charge in [-0.25, -0.2) is 8.78 Å². The third-order valence-electron chi connectivity index (χ3n) is 5.10. The van der Waals surface area contributed by atoms with Crippen molar-refractivity contribution in [2.24, 2.45) is 11.3 Å². The first kappa shape index (κ1) is 16.8. The summed E-state index contributed by atoms with van der Waals surface area (Å²) in [7, 11) is 0. The molecule has 0 aromatic heterocycles. The predicted molar refractivity (Wildman–Crippen MR) is 80.3 cm³/mol. The van der Waals surface area contributed by atoms with Crippen molar-refractivity contribution in [2.75, 3.05) is 26.3 Å². The number of carboxylic acids is 1. The summed E-state index contributed by atoms with van der Waals surface area (Å²) in [5.41, 5.74) is -0.384. The lowest BCUT2D eigenvalue weighted by molar-refractivity contribution is -0.157. The molecule has 0 bridgehead atoms. The van der Waals surface area contributed by atoms with Crippen LogP contribution in [0.4, 0.5) is 8.78 Å². The molecule has 2 aliphatic rings. The number of nitrogens with zero attached hydrogens (tertiary/aromatic N) is 1. The molecule has 130 valence electrons. The molecule has 1 amide bonds. The molecule has 0 spiro atoms. The van der Waals surface area contributed by atoms with Gasteiger partial charge in [-0.15, -0.1) is 0 Å². The number of fused-ring (bicyclic) bond motifs is 1. The number of halogens is 2. The van der Waals surface area contributed by atoms with Crippen molar-refractivity contribution >= 4 is 11.9 Å². The highest BCUT2D eigenvalue weighted by Crippen LogP contribution is 2.42. The smallest absolute Gasteiger partial charge is 0.311 e. The molecule has 2 saturated heterocycles. The van der Waals surface area contributed by atoms with Crippen LogP contribution >= 0.6 is 0 Å². The van der Waals surface area contributed by atoms with Crippen LogP contribution in [-0.2, 0) is 20.7 Å². The lowest BCUT2D eigenvalue weighted by Crippen LogP contribution is -2.45. The Bertz CT molecular complexity index is 666. The summed E-state index contributed by atoms with van der Waals surface area (Å²) < 4.78 is 31.5. The molecule has 24 heavy (non-hydrogen) atoms. The average molecular weight is 339 g/mol. The Balaban J connectivity index is 1.63. The number of hydrogen-bond acceptors (Lipinski definition) is 3. The first-order valence-corrected chi connectivity index (χ1v) is 7.95. The number of benzene rings is 1. The Labute approximate surface area is 138 Å². The topological polar surface area (TPSA) is 66.8 Å². The van der Waals surface area contributed by atoms with Crippen molar-refractivity contribution in [1.82, 2.24) is 4.90 Å². The summed E-state index contributed by atoms with van der Waals surface area (Å²) in [5, 5.41) is 9.59. The molecular weight excluding hydrogens is 320 g/mol.